The van der Waals surface area contributed by atoms with Gasteiger partial charge in [0.2, 0.25) is 0 Å². The monoisotopic (exact) mass is 416 g/mol. The lowest BCUT2D eigenvalue weighted by atomic mass is 9.95. The van der Waals surface area contributed by atoms with Crippen molar-refractivity contribution in [2.24, 2.45) is 0 Å². The van der Waals surface area contributed by atoms with E-state index in [1.807, 2.05) is 55.5 Å². The van der Waals surface area contributed by atoms with Gasteiger partial charge in [-0.3, -0.25) is 0 Å². The van der Waals surface area contributed by atoms with Crippen LogP contribution in [0.15, 0.2) is 85.2 Å². The van der Waals surface area contributed by atoms with Crippen molar-refractivity contribution in [2.45, 2.75) is 6.92 Å². The van der Waals surface area contributed by atoms with Crippen molar-refractivity contribution in [3.63, 3.8) is 0 Å². The lowest BCUT2D eigenvalue weighted by Gasteiger charge is -2.17. The quantitative estimate of drug-likeness (QED) is 0.322. The minimum absolute atomic E-state index is 0.640. The lowest BCUT2D eigenvalue weighted by molar-refractivity contribution is 0.340. The predicted octanol–water partition coefficient (Wildman–Crippen LogP) is 6.58. The zero-order valence-corrected chi connectivity index (χ0v) is 17.5. The summed E-state index contributed by atoms with van der Waals surface area (Å²) in [6, 6.07) is 26.5. The normalized spacial score (nSPS) is 11.4. The van der Waals surface area contributed by atoms with Crippen LogP contribution in [0.1, 0.15) is 6.92 Å². The van der Waals surface area contributed by atoms with E-state index < -0.39 is 0 Å². The molecule has 0 aliphatic rings. The molecule has 2 aromatic heterocycles. The van der Waals surface area contributed by atoms with Crippen LogP contribution < -0.4 is 10.1 Å². The van der Waals surface area contributed by atoms with Crippen LogP contribution in [0.4, 0.5) is 11.5 Å². The third kappa shape index (κ3) is 2.98. The molecule has 1 N–H and O–H groups in total. The first-order valence-electron chi connectivity index (χ1n) is 10.7. The summed E-state index contributed by atoms with van der Waals surface area (Å²) in [4.78, 5) is 14.1. The molecule has 0 unspecified atom stereocenters. The summed E-state index contributed by atoms with van der Waals surface area (Å²) in [7, 11) is 0. The first kappa shape index (κ1) is 18.5. The molecule has 2 heterocycles. The number of nitrogens with zero attached hydrogens (tertiary/aromatic N) is 3. The van der Waals surface area contributed by atoms with Gasteiger partial charge in [0.25, 0.3) is 0 Å². The fourth-order valence-corrected chi connectivity index (χ4v) is 4.30. The Labute approximate surface area is 185 Å². The molecular formula is C27H20N4O. The minimum atomic E-state index is 0.640. The Bertz CT molecular complexity index is 1530. The van der Waals surface area contributed by atoms with Crippen LogP contribution in [0.3, 0.4) is 0 Å². The maximum atomic E-state index is 5.63. The maximum Gasteiger partial charge on any atom is 0.139 e. The van der Waals surface area contributed by atoms with Crippen molar-refractivity contribution >= 4 is 44.1 Å². The highest BCUT2D eigenvalue weighted by atomic mass is 16.5. The standard InChI is InChI=1S/C27H20N4O/c1-2-32-19-10-8-17(9-11-19)26-20-12-14-22-25-23(29-16-28-22)15-13-21(24(20)25)27(31-26)30-18-6-4-3-5-7-18/h3-16H,2H2,1H3,(H,30,31). The van der Waals surface area contributed by atoms with Crippen LogP contribution >= 0.6 is 0 Å². The molecule has 5 heteroatoms. The second-order valence-corrected chi connectivity index (χ2v) is 7.65. The maximum absolute atomic E-state index is 5.63. The van der Waals surface area contributed by atoms with Gasteiger partial charge in [0.15, 0.2) is 0 Å². The Kier molecular flexibility index (Phi) is 4.32. The van der Waals surface area contributed by atoms with Crippen LogP contribution in [0, 0.1) is 0 Å². The van der Waals surface area contributed by atoms with Gasteiger partial charge in [-0.05, 0) is 67.6 Å². The number of pyridine rings is 1. The highest BCUT2D eigenvalue weighted by molar-refractivity contribution is 6.25. The van der Waals surface area contributed by atoms with E-state index >= 15 is 0 Å². The van der Waals surface area contributed by atoms with Gasteiger partial charge in [-0.25, -0.2) is 15.0 Å². The fraction of sp³-hybridized carbons (Fsp3) is 0.0741. The third-order valence-electron chi connectivity index (χ3n) is 5.72. The summed E-state index contributed by atoms with van der Waals surface area (Å²) in [5, 5.41) is 7.84. The van der Waals surface area contributed by atoms with E-state index in [2.05, 4.69) is 45.6 Å². The Morgan fingerprint density at radius 3 is 2.19 bits per heavy atom. The zero-order valence-electron chi connectivity index (χ0n) is 17.5. The largest absolute Gasteiger partial charge is 0.494 e. The van der Waals surface area contributed by atoms with E-state index in [-0.39, 0.29) is 0 Å². The van der Waals surface area contributed by atoms with Crippen molar-refractivity contribution < 1.29 is 4.74 Å². The van der Waals surface area contributed by atoms with Gasteiger partial charge in [0, 0.05) is 32.8 Å². The lowest BCUT2D eigenvalue weighted by Crippen LogP contribution is -2.00. The molecule has 4 aromatic carbocycles. The van der Waals surface area contributed by atoms with Gasteiger partial charge in [0.05, 0.1) is 23.3 Å². The van der Waals surface area contributed by atoms with E-state index in [1.54, 1.807) is 6.33 Å². The highest BCUT2D eigenvalue weighted by Gasteiger charge is 2.18. The number of hydrogen-bond donors (Lipinski definition) is 1. The number of hydrogen-bond acceptors (Lipinski definition) is 5. The van der Waals surface area contributed by atoms with Gasteiger partial charge < -0.3 is 10.1 Å². The number of nitrogens with one attached hydrogen (secondary N) is 1. The molecule has 0 saturated carbocycles. The average molecular weight is 416 g/mol. The minimum Gasteiger partial charge on any atom is -0.494 e. The number of ether oxygens (including phenoxy) is 1. The molecule has 6 aromatic rings. The average Bonchev–Trinajstić information content (AvgIpc) is 2.84. The summed E-state index contributed by atoms with van der Waals surface area (Å²) >= 11 is 0. The van der Waals surface area contributed by atoms with Crippen LogP contribution in [0.2, 0.25) is 0 Å². The molecule has 6 rings (SSSR count). The molecule has 32 heavy (non-hydrogen) atoms. The topological polar surface area (TPSA) is 59.9 Å². The molecule has 0 spiro atoms. The van der Waals surface area contributed by atoms with E-state index in [9.17, 15) is 0 Å². The van der Waals surface area contributed by atoms with Crippen molar-refractivity contribution in [1.82, 2.24) is 15.0 Å². The SMILES string of the molecule is CCOc1ccc(-c2nc(Nc3ccccc3)c3ccc4ncnc5ccc2c3c45)cc1. The molecule has 0 aliphatic carbocycles. The molecule has 0 aliphatic heterocycles. The zero-order chi connectivity index (χ0) is 21.5. The van der Waals surface area contributed by atoms with Crippen LogP contribution in [0.5, 0.6) is 5.75 Å². The summed E-state index contributed by atoms with van der Waals surface area (Å²) in [6.07, 6.45) is 1.62. The number of aromatic nitrogens is 3. The molecule has 0 amide bonds. The molecule has 0 bridgehead atoms. The number of anilines is 2. The number of benzene rings is 4. The van der Waals surface area contributed by atoms with Crippen molar-refractivity contribution in [3.8, 4) is 17.0 Å². The Balaban J connectivity index is 1.66. The van der Waals surface area contributed by atoms with Crippen LogP contribution in [-0.4, -0.2) is 21.6 Å². The Morgan fingerprint density at radius 2 is 1.47 bits per heavy atom. The molecule has 0 radical (unpaired) electrons. The smallest absolute Gasteiger partial charge is 0.139 e. The molecular weight excluding hydrogens is 396 g/mol. The molecule has 5 nitrogen and oxygen atoms in total. The first-order chi connectivity index (χ1) is 15.8. The second-order valence-electron chi connectivity index (χ2n) is 7.65. The van der Waals surface area contributed by atoms with E-state index in [0.717, 1.165) is 61.1 Å². The van der Waals surface area contributed by atoms with E-state index in [4.69, 9.17) is 9.72 Å². The van der Waals surface area contributed by atoms with Crippen LogP contribution in [-0.2, 0) is 0 Å². The van der Waals surface area contributed by atoms with Gasteiger partial charge in [-0.1, -0.05) is 18.2 Å². The van der Waals surface area contributed by atoms with Gasteiger partial charge >= 0.3 is 0 Å². The Morgan fingerprint density at radius 1 is 0.750 bits per heavy atom. The number of para-hydroxylation sites is 1. The first-order valence-corrected chi connectivity index (χ1v) is 10.7. The molecule has 154 valence electrons. The molecule has 0 fully saturated rings. The highest BCUT2D eigenvalue weighted by Crippen LogP contribution is 2.40. The van der Waals surface area contributed by atoms with Gasteiger partial charge in [-0.15, -0.1) is 0 Å². The fourth-order valence-electron chi connectivity index (χ4n) is 4.30. The van der Waals surface area contributed by atoms with Crippen molar-refractivity contribution in [3.05, 3.63) is 85.2 Å². The summed E-state index contributed by atoms with van der Waals surface area (Å²) in [5.41, 5.74) is 4.80. The van der Waals surface area contributed by atoms with Crippen molar-refractivity contribution in [2.75, 3.05) is 11.9 Å². The summed E-state index contributed by atoms with van der Waals surface area (Å²) < 4.78 is 5.63. The molecule has 0 saturated heterocycles. The Hall–Kier alpha value is -4.25. The van der Waals surface area contributed by atoms with E-state index in [1.165, 1.54) is 0 Å². The van der Waals surface area contributed by atoms with Gasteiger partial charge in [-0.2, -0.15) is 0 Å². The number of rotatable bonds is 5. The van der Waals surface area contributed by atoms with Gasteiger partial charge in [0.1, 0.15) is 17.9 Å². The van der Waals surface area contributed by atoms with Crippen molar-refractivity contribution in [1.29, 1.82) is 0 Å². The molecule has 0 atom stereocenters. The summed E-state index contributed by atoms with van der Waals surface area (Å²) in [6.45, 7) is 2.63. The summed E-state index contributed by atoms with van der Waals surface area (Å²) in [5.74, 6) is 1.66. The predicted molar refractivity (Wildman–Crippen MR) is 130 cm³/mol. The van der Waals surface area contributed by atoms with E-state index in [0.29, 0.717) is 6.61 Å². The third-order valence-corrected chi connectivity index (χ3v) is 5.72. The second kappa shape index (κ2) is 7.46. The van der Waals surface area contributed by atoms with Crippen LogP contribution in [0.25, 0.3) is 43.8 Å².